The van der Waals surface area contributed by atoms with Crippen LogP contribution in [0, 0.1) is 5.92 Å². The molecule has 0 aromatic heterocycles. The average Bonchev–Trinajstić information content (AvgIpc) is 2.53. The first kappa shape index (κ1) is 15.4. The zero-order valence-corrected chi connectivity index (χ0v) is 12.8. The maximum absolute atomic E-state index is 12.8. The van der Waals surface area contributed by atoms with E-state index in [1.54, 1.807) is 6.07 Å². The summed E-state index contributed by atoms with van der Waals surface area (Å²) in [6, 6.07) is 9.95. The molecule has 0 unspecified atom stereocenters. The first-order chi connectivity index (χ1) is 10.5. The van der Waals surface area contributed by atoms with Crippen molar-refractivity contribution in [2.45, 2.75) is 51.1 Å². The summed E-state index contributed by atoms with van der Waals surface area (Å²) in [5, 5.41) is 1.57. The van der Waals surface area contributed by atoms with Gasteiger partial charge in [-0.05, 0) is 66.0 Å². The van der Waals surface area contributed by atoms with Gasteiger partial charge < -0.3 is 0 Å². The van der Waals surface area contributed by atoms with Crippen molar-refractivity contribution in [3.8, 4) is 0 Å². The fourth-order valence-electron chi connectivity index (χ4n) is 3.60. The van der Waals surface area contributed by atoms with Crippen molar-refractivity contribution < 1.29 is 13.2 Å². The Morgan fingerprint density at radius 3 is 2.18 bits per heavy atom. The second-order valence-electron chi connectivity index (χ2n) is 6.45. The van der Waals surface area contributed by atoms with Crippen LogP contribution in [0.25, 0.3) is 10.8 Å². The fourth-order valence-corrected chi connectivity index (χ4v) is 3.60. The topological polar surface area (TPSA) is 0 Å². The third-order valence-corrected chi connectivity index (χ3v) is 5.09. The highest BCUT2D eigenvalue weighted by Gasteiger charge is 2.30. The van der Waals surface area contributed by atoms with E-state index in [0.29, 0.717) is 11.3 Å². The average molecular weight is 306 g/mol. The second-order valence-corrected chi connectivity index (χ2v) is 6.45. The number of fused-ring (bicyclic) bond motifs is 1. The highest BCUT2D eigenvalue weighted by molar-refractivity contribution is 5.84. The van der Waals surface area contributed by atoms with Gasteiger partial charge in [-0.15, -0.1) is 0 Å². The van der Waals surface area contributed by atoms with Crippen LogP contribution in [0.3, 0.4) is 0 Å². The van der Waals surface area contributed by atoms with Gasteiger partial charge in [0.15, 0.2) is 0 Å². The molecule has 0 spiro atoms. The van der Waals surface area contributed by atoms with Crippen molar-refractivity contribution in [2.75, 3.05) is 0 Å². The van der Waals surface area contributed by atoms with Gasteiger partial charge in [-0.1, -0.05) is 37.6 Å². The predicted octanol–water partition coefficient (Wildman–Crippen LogP) is 6.54. The summed E-state index contributed by atoms with van der Waals surface area (Å²) in [4.78, 5) is 0. The van der Waals surface area contributed by atoms with Crippen LogP contribution in [0.15, 0.2) is 36.4 Å². The van der Waals surface area contributed by atoms with E-state index in [0.717, 1.165) is 11.3 Å². The van der Waals surface area contributed by atoms with Crippen LogP contribution in [0.2, 0.25) is 0 Å². The minimum atomic E-state index is -4.27. The molecule has 1 saturated carbocycles. The number of alkyl halides is 3. The number of hydrogen-bond acceptors (Lipinski definition) is 0. The smallest absolute Gasteiger partial charge is 0.166 e. The summed E-state index contributed by atoms with van der Waals surface area (Å²) in [6.07, 6.45) is 1.92. The van der Waals surface area contributed by atoms with Gasteiger partial charge in [0.05, 0.1) is 5.56 Å². The molecular formula is C19H21F3. The summed E-state index contributed by atoms with van der Waals surface area (Å²) in [5.74, 6) is 1.42. The highest BCUT2D eigenvalue weighted by atomic mass is 19.4. The zero-order valence-electron chi connectivity index (χ0n) is 12.8. The van der Waals surface area contributed by atoms with Gasteiger partial charge in [0.1, 0.15) is 0 Å². The van der Waals surface area contributed by atoms with Gasteiger partial charge in [-0.25, -0.2) is 0 Å². The van der Waals surface area contributed by atoms with Crippen LogP contribution < -0.4 is 0 Å². The van der Waals surface area contributed by atoms with E-state index in [2.05, 4.69) is 13.0 Å². The van der Waals surface area contributed by atoms with E-state index >= 15 is 0 Å². The quantitative estimate of drug-likeness (QED) is 0.590. The number of hydrogen-bond donors (Lipinski definition) is 0. The van der Waals surface area contributed by atoms with E-state index in [9.17, 15) is 13.2 Å². The van der Waals surface area contributed by atoms with Crippen LogP contribution in [0.4, 0.5) is 13.2 Å². The lowest BCUT2D eigenvalue weighted by Gasteiger charge is -2.28. The molecule has 0 saturated heterocycles. The second kappa shape index (κ2) is 5.94. The normalized spacial score (nSPS) is 22.9. The molecule has 0 radical (unpaired) electrons. The predicted molar refractivity (Wildman–Crippen MR) is 83.9 cm³/mol. The minimum Gasteiger partial charge on any atom is -0.166 e. The van der Waals surface area contributed by atoms with Crippen LogP contribution in [-0.4, -0.2) is 0 Å². The standard InChI is InChI=1S/C19H21F3/c1-2-13-3-5-14(6-4-13)15-7-8-17-12-18(19(20,21)22)10-9-16(17)11-15/h7-14H,2-6H2,1H3/t13-,14-. The highest BCUT2D eigenvalue weighted by Crippen LogP contribution is 2.38. The Morgan fingerprint density at radius 1 is 0.909 bits per heavy atom. The molecule has 1 aliphatic rings. The Bertz CT molecular complexity index is 649. The Balaban J connectivity index is 1.85. The lowest BCUT2D eigenvalue weighted by Crippen LogP contribution is -2.12. The lowest BCUT2D eigenvalue weighted by molar-refractivity contribution is -0.137. The first-order valence-electron chi connectivity index (χ1n) is 8.08. The molecular weight excluding hydrogens is 285 g/mol. The molecule has 0 N–H and O–H groups in total. The Kier molecular flexibility index (Phi) is 4.16. The van der Waals surface area contributed by atoms with Crippen molar-refractivity contribution >= 4 is 10.8 Å². The van der Waals surface area contributed by atoms with Gasteiger partial charge in [0.25, 0.3) is 0 Å². The SMILES string of the molecule is CC[C@H]1CC[C@H](c2ccc3cc(C(F)(F)F)ccc3c2)CC1. The largest absolute Gasteiger partial charge is 0.416 e. The van der Waals surface area contributed by atoms with E-state index in [-0.39, 0.29) is 0 Å². The summed E-state index contributed by atoms with van der Waals surface area (Å²) >= 11 is 0. The van der Waals surface area contributed by atoms with E-state index < -0.39 is 11.7 Å². The van der Waals surface area contributed by atoms with Crippen LogP contribution in [-0.2, 0) is 6.18 Å². The minimum absolute atomic E-state index is 0.564. The van der Waals surface area contributed by atoms with Crippen LogP contribution in [0.5, 0.6) is 0 Å². The third kappa shape index (κ3) is 3.13. The monoisotopic (exact) mass is 306 g/mol. The van der Waals surface area contributed by atoms with Gasteiger partial charge in [0.2, 0.25) is 0 Å². The first-order valence-corrected chi connectivity index (χ1v) is 8.08. The van der Waals surface area contributed by atoms with Crippen LogP contribution in [0.1, 0.15) is 56.1 Å². The molecule has 0 bridgehead atoms. The van der Waals surface area contributed by atoms with E-state index in [1.807, 2.05) is 12.1 Å². The third-order valence-electron chi connectivity index (χ3n) is 5.09. The Hall–Kier alpha value is -1.51. The number of rotatable bonds is 2. The Morgan fingerprint density at radius 2 is 1.55 bits per heavy atom. The Labute approximate surface area is 129 Å². The van der Waals surface area contributed by atoms with Crippen molar-refractivity contribution in [3.05, 3.63) is 47.5 Å². The molecule has 1 aliphatic carbocycles. The van der Waals surface area contributed by atoms with Gasteiger partial charge in [-0.3, -0.25) is 0 Å². The summed E-state index contributed by atoms with van der Waals surface area (Å²) in [6.45, 7) is 2.25. The zero-order chi connectivity index (χ0) is 15.7. The lowest BCUT2D eigenvalue weighted by atomic mass is 9.77. The van der Waals surface area contributed by atoms with Crippen molar-refractivity contribution in [1.82, 2.24) is 0 Å². The molecule has 118 valence electrons. The summed E-state index contributed by atoms with van der Waals surface area (Å²) in [5.41, 5.74) is 0.706. The molecule has 2 aromatic rings. The molecule has 22 heavy (non-hydrogen) atoms. The van der Waals surface area contributed by atoms with Crippen molar-refractivity contribution in [2.24, 2.45) is 5.92 Å². The number of benzene rings is 2. The molecule has 1 fully saturated rings. The van der Waals surface area contributed by atoms with Gasteiger partial charge in [-0.2, -0.15) is 13.2 Å². The molecule has 2 aromatic carbocycles. The molecule has 0 aliphatic heterocycles. The van der Waals surface area contributed by atoms with Crippen molar-refractivity contribution in [1.29, 1.82) is 0 Å². The molecule has 3 heteroatoms. The van der Waals surface area contributed by atoms with Crippen molar-refractivity contribution in [3.63, 3.8) is 0 Å². The fraction of sp³-hybridized carbons (Fsp3) is 0.474. The van der Waals surface area contributed by atoms with Crippen LogP contribution >= 0.6 is 0 Å². The molecule has 0 amide bonds. The summed E-state index contributed by atoms with van der Waals surface area (Å²) < 4.78 is 38.3. The molecule has 0 atom stereocenters. The molecule has 3 rings (SSSR count). The maximum Gasteiger partial charge on any atom is 0.416 e. The van der Waals surface area contributed by atoms with E-state index in [4.69, 9.17) is 0 Å². The van der Waals surface area contributed by atoms with Gasteiger partial charge in [0, 0.05) is 0 Å². The maximum atomic E-state index is 12.8. The molecule has 0 heterocycles. The molecule has 0 nitrogen and oxygen atoms in total. The number of halogens is 3. The van der Waals surface area contributed by atoms with Gasteiger partial charge >= 0.3 is 6.18 Å². The summed E-state index contributed by atoms with van der Waals surface area (Å²) in [7, 11) is 0. The van der Waals surface area contributed by atoms with E-state index in [1.165, 1.54) is 49.8 Å².